The first-order chi connectivity index (χ1) is 9.77. The van der Waals surface area contributed by atoms with E-state index in [1.54, 1.807) is 0 Å². The Kier molecular flexibility index (Phi) is 6.30. The van der Waals surface area contributed by atoms with Crippen LogP contribution in [-0.4, -0.2) is 37.2 Å². The molecule has 4 nitrogen and oxygen atoms in total. The standard InChI is InChI=1S/C16H30N2O2/c1-2-9-16(10-6-11-18-16)15(19)17-12-13-20-14-7-4-3-5-8-14/h14,18H,2-13H2,1H3,(H,17,19). The first-order valence-corrected chi connectivity index (χ1v) is 8.42. The topological polar surface area (TPSA) is 50.4 Å². The fourth-order valence-electron chi connectivity index (χ4n) is 3.54. The first-order valence-electron chi connectivity index (χ1n) is 8.42. The monoisotopic (exact) mass is 282 g/mol. The van der Waals surface area contributed by atoms with Crippen molar-refractivity contribution in [2.75, 3.05) is 19.7 Å². The summed E-state index contributed by atoms with van der Waals surface area (Å²) in [6.45, 7) is 4.40. The summed E-state index contributed by atoms with van der Waals surface area (Å²) >= 11 is 0. The number of hydrogen-bond acceptors (Lipinski definition) is 3. The Balaban J connectivity index is 1.66. The average Bonchev–Trinajstić information content (AvgIpc) is 2.95. The van der Waals surface area contributed by atoms with Crippen LogP contribution in [0.15, 0.2) is 0 Å². The first kappa shape index (κ1) is 15.8. The van der Waals surface area contributed by atoms with Crippen molar-refractivity contribution in [3.05, 3.63) is 0 Å². The molecule has 0 radical (unpaired) electrons. The normalized spacial score (nSPS) is 27.6. The van der Waals surface area contributed by atoms with E-state index in [9.17, 15) is 4.79 Å². The minimum absolute atomic E-state index is 0.170. The van der Waals surface area contributed by atoms with Crippen molar-refractivity contribution in [2.24, 2.45) is 0 Å². The maximum Gasteiger partial charge on any atom is 0.240 e. The van der Waals surface area contributed by atoms with E-state index in [4.69, 9.17) is 4.74 Å². The molecule has 0 aromatic rings. The predicted octanol–water partition coefficient (Wildman–Crippen LogP) is 2.37. The smallest absolute Gasteiger partial charge is 0.240 e. The third kappa shape index (κ3) is 4.19. The molecular formula is C16H30N2O2. The fourth-order valence-corrected chi connectivity index (χ4v) is 3.54. The fraction of sp³-hybridized carbons (Fsp3) is 0.938. The van der Waals surface area contributed by atoms with Crippen molar-refractivity contribution in [1.82, 2.24) is 10.6 Å². The van der Waals surface area contributed by atoms with E-state index in [1.807, 2.05) is 0 Å². The lowest BCUT2D eigenvalue weighted by Crippen LogP contribution is -2.54. The molecule has 2 aliphatic rings. The summed E-state index contributed by atoms with van der Waals surface area (Å²) in [7, 11) is 0. The molecule has 2 N–H and O–H groups in total. The Morgan fingerprint density at radius 1 is 1.30 bits per heavy atom. The highest BCUT2D eigenvalue weighted by Gasteiger charge is 2.39. The highest BCUT2D eigenvalue weighted by Crippen LogP contribution is 2.25. The summed E-state index contributed by atoms with van der Waals surface area (Å²) in [5.74, 6) is 0.170. The molecule has 1 aliphatic carbocycles. The quantitative estimate of drug-likeness (QED) is 0.705. The Labute approximate surface area is 123 Å². The van der Waals surface area contributed by atoms with Gasteiger partial charge < -0.3 is 15.4 Å². The molecule has 2 rings (SSSR count). The maximum absolute atomic E-state index is 12.4. The van der Waals surface area contributed by atoms with Gasteiger partial charge in [0.25, 0.3) is 0 Å². The molecule has 1 aliphatic heterocycles. The van der Waals surface area contributed by atoms with Gasteiger partial charge in [-0.25, -0.2) is 0 Å². The van der Waals surface area contributed by atoms with E-state index < -0.39 is 0 Å². The molecule has 0 spiro atoms. The van der Waals surface area contributed by atoms with Crippen molar-refractivity contribution in [1.29, 1.82) is 0 Å². The number of rotatable bonds is 7. The molecule has 1 atom stereocenters. The lowest BCUT2D eigenvalue weighted by atomic mass is 9.91. The summed E-state index contributed by atoms with van der Waals surface area (Å²) in [5, 5.41) is 6.47. The Morgan fingerprint density at radius 3 is 2.75 bits per heavy atom. The molecule has 1 heterocycles. The molecule has 1 unspecified atom stereocenters. The number of carbonyl (C=O) groups excluding carboxylic acids is 1. The van der Waals surface area contributed by atoms with Gasteiger partial charge in [0.2, 0.25) is 5.91 Å². The highest BCUT2D eigenvalue weighted by atomic mass is 16.5. The van der Waals surface area contributed by atoms with Crippen molar-refractivity contribution < 1.29 is 9.53 Å². The third-order valence-corrected chi connectivity index (χ3v) is 4.65. The zero-order chi connectivity index (χ0) is 14.3. The van der Waals surface area contributed by atoms with E-state index in [0.717, 1.165) is 32.2 Å². The predicted molar refractivity (Wildman–Crippen MR) is 80.7 cm³/mol. The molecule has 4 heteroatoms. The molecule has 1 amide bonds. The summed E-state index contributed by atoms with van der Waals surface area (Å²) in [6.07, 6.45) is 10.8. The molecule has 0 aromatic carbocycles. The number of ether oxygens (including phenoxy) is 1. The van der Waals surface area contributed by atoms with Crippen LogP contribution in [0, 0.1) is 0 Å². The van der Waals surface area contributed by atoms with Gasteiger partial charge in [-0.15, -0.1) is 0 Å². The van der Waals surface area contributed by atoms with Gasteiger partial charge in [0.15, 0.2) is 0 Å². The van der Waals surface area contributed by atoms with Gasteiger partial charge in [0.05, 0.1) is 18.2 Å². The van der Waals surface area contributed by atoms with Crippen LogP contribution in [-0.2, 0) is 9.53 Å². The van der Waals surface area contributed by atoms with Crippen molar-refractivity contribution >= 4 is 5.91 Å². The number of nitrogens with one attached hydrogen (secondary N) is 2. The van der Waals surface area contributed by atoms with E-state index >= 15 is 0 Å². The average molecular weight is 282 g/mol. The van der Waals surface area contributed by atoms with Crippen LogP contribution in [0.25, 0.3) is 0 Å². The molecule has 0 aromatic heterocycles. The van der Waals surface area contributed by atoms with Crippen LogP contribution >= 0.6 is 0 Å². The summed E-state index contributed by atoms with van der Waals surface area (Å²) in [5.41, 5.74) is -0.306. The minimum atomic E-state index is -0.306. The molecular weight excluding hydrogens is 252 g/mol. The SMILES string of the molecule is CCCC1(C(=O)NCCOC2CCCCC2)CCCN1. The van der Waals surface area contributed by atoms with Crippen molar-refractivity contribution in [3.63, 3.8) is 0 Å². The van der Waals surface area contributed by atoms with E-state index in [-0.39, 0.29) is 11.4 Å². The van der Waals surface area contributed by atoms with Crippen molar-refractivity contribution in [3.8, 4) is 0 Å². The summed E-state index contributed by atoms with van der Waals surface area (Å²) in [4.78, 5) is 12.4. The van der Waals surface area contributed by atoms with Gasteiger partial charge in [-0.05, 0) is 38.6 Å². The zero-order valence-electron chi connectivity index (χ0n) is 12.9. The van der Waals surface area contributed by atoms with Crippen LogP contribution in [0.3, 0.4) is 0 Å². The van der Waals surface area contributed by atoms with Gasteiger partial charge in [-0.1, -0.05) is 32.6 Å². The Morgan fingerprint density at radius 2 is 2.10 bits per heavy atom. The van der Waals surface area contributed by atoms with Crippen LogP contribution in [0.2, 0.25) is 0 Å². The Hall–Kier alpha value is -0.610. The molecule has 0 bridgehead atoms. The van der Waals surface area contributed by atoms with Crippen LogP contribution < -0.4 is 10.6 Å². The number of hydrogen-bond donors (Lipinski definition) is 2. The largest absolute Gasteiger partial charge is 0.376 e. The van der Waals surface area contributed by atoms with Crippen LogP contribution in [0.4, 0.5) is 0 Å². The van der Waals surface area contributed by atoms with E-state index in [2.05, 4.69) is 17.6 Å². The van der Waals surface area contributed by atoms with Crippen molar-refractivity contribution in [2.45, 2.75) is 76.4 Å². The lowest BCUT2D eigenvalue weighted by Gasteiger charge is -2.28. The minimum Gasteiger partial charge on any atom is -0.376 e. The molecule has 1 saturated carbocycles. The van der Waals surface area contributed by atoms with Gasteiger partial charge in [0.1, 0.15) is 0 Å². The maximum atomic E-state index is 12.4. The number of amides is 1. The summed E-state index contributed by atoms with van der Waals surface area (Å²) in [6, 6.07) is 0. The molecule has 2 fully saturated rings. The van der Waals surface area contributed by atoms with E-state index in [1.165, 1.54) is 32.1 Å². The highest BCUT2D eigenvalue weighted by molar-refractivity contribution is 5.86. The molecule has 20 heavy (non-hydrogen) atoms. The van der Waals surface area contributed by atoms with Gasteiger partial charge in [-0.2, -0.15) is 0 Å². The van der Waals surface area contributed by atoms with Gasteiger partial charge >= 0.3 is 0 Å². The lowest BCUT2D eigenvalue weighted by molar-refractivity contribution is -0.127. The van der Waals surface area contributed by atoms with Gasteiger partial charge in [0, 0.05) is 6.54 Å². The van der Waals surface area contributed by atoms with Gasteiger partial charge in [-0.3, -0.25) is 4.79 Å². The third-order valence-electron chi connectivity index (χ3n) is 4.65. The number of carbonyl (C=O) groups is 1. The van der Waals surface area contributed by atoms with Crippen LogP contribution in [0.1, 0.15) is 64.7 Å². The zero-order valence-corrected chi connectivity index (χ0v) is 12.9. The second kappa shape index (κ2) is 7.99. The van der Waals surface area contributed by atoms with Crippen LogP contribution in [0.5, 0.6) is 0 Å². The second-order valence-corrected chi connectivity index (χ2v) is 6.25. The molecule has 116 valence electrons. The van der Waals surface area contributed by atoms with E-state index in [0.29, 0.717) is 19.3 Å². The molecule has 1 saturated heterocycles. The Bertz CT molecular complexity index is 295. The second-order valence-electron chi connectivity index (χ2n) is 6.25. The summed E-state index contributed by atoms with van der Waals surface area (Å²) < 4.78 is 5.85.